The fourth-order valence-corrected chi connectivity index (χ4v) is 5.81. The maximum atomic E-state index is 13.6. The summed E-state index contributed by atoms with van der Waals surface area (Å²) in [5.41, 5.74) is 1.43. The van der Waals surface area contributed by atoms with E-state index in [0.29, 0.717) is 23.8 Å². The highest BCUT2D eigenvalue weighted by Gasteiger charge is 2.41. The van der Waals surface area contributed by atoms with Gasteiger partial charge in [0, 0.05) is 31.9 Å². The van der Waals surface area contributed by atoms with Crippen LogP contribution in [0, 0.1) is 0 Å². The average molecular weight is 553 g/mol. The van der Waals surface area contributed by atoms with Crippen LogP contribution in [0.25, 0.3) is 0 Å². The third kappa shape index (κ3) is 6.87. The fraction of sp³-hybridized carbons (Fsp3) is 0.286. The van der Waals surface area contributed by atoms with E-state index in [9.17, 15) is 18.0 Å². The summed E-state index contributed by atoms with van der Waals surface area (Å²) in [5.74, 6) is 0.708. The van der Waals surface area contributed by atoms with Crippen LogP contribution in [0.3, 0.4) is 0 Å². The second-order valence-electron chi connectivity index (χ2n) is 8.84. The van der Waals surface area contributed by atoms with Crippen molar-refractivity contribution >= 4 is 27.6 Å². The largest absolute Gasteiger partial charge is 0.497 e. The Morgan fingerprint density at radius 2 is 1.59 bits per heavy atom. The van der Waals surface area contributed by atoms with Gasteiger partial charge in [-0.3, -0.25) is 4.79 Å². The summed E-state index contributed by atoms with van der Waals surface area (Å²) in [4.78, 5) is 28.0. The SMILES string of the molecule is CCOc1ccc(NC(=O)N2CCN(S(=O)(=O)c3ccc(OC)cc3)C(C(=O)NCc3ccccc3)C2)cc1. The molecule has 3 aromatic rings. The minimum atomic E-state index is -4.04. The molecule has 0 aliphatic carbocycles. The Kier molecular flexibility index (Phi) is 9.05. The van der Waals surface area contributed by atoms with Crippen molar-refractivity contribution in [3.63, 3.8) is 0 Å². The van der Waals surface area contributed by atoms with Crippen molar-refractivity contribution in [3.05, 3.63) is 84.4 Å². The number of amides is 3. The van der Waals surface area contributed by atoms with Crippen LogP contribution in [-0.4, -0.2) is 69.0 Å². The first-order valence-corrected chi connectivity index (χ1v) is 14.0. The molecule has 4 rings (SSSR count). The Labute approximate surface area is 228 Å². The van der Waals surface area contributed by atoms with Crippen molar-refractivity contribution in [1.82, 2.24) is 14.5 Å². The first-order valence-electron chi connectivity index (χ1n) is 12.6. The van der Waals surface area contributed by atoms with Crippen molar-refractivity contribution in [2.75, 3.05) is 38.7 Å². The van der Waals surface area contributed by atoms with Crippen LogP contribution in [-0.2, 0) is 21.4 Å². The average Bonchev–Trinajstić information content (AvgIpc) is 2.97. The highest BCUT2D eigenvalue weighted by atomic mass is 32.2. The molecule has 2 N–H and O–H groups in total. The van der Waals surface area contributed by atoms with Gasteiger partial charge in [0.05, 0.1) is 18.6 Å². The number of nitrogens with zero attached hydrogens (tertiary/aromatic N) is 2. The highest BCUT2D eigenvalue weighted by Crippen LogP contribution is 2.25. The van der Waals surface area contributed by atoms with E-state index < -0.39 is 28.0 Å². The second kappa shape index (κ2) is 12.6. The second-order valence-corrected chi connectivity index (χ2v) is 10.7. The Balaban J connectivity index is 1.53. The zero-order chi connectivity index (χ0) is 27.8. The van der Waals surface area contributed by atoms with Crippen LogP contribution in [0.2, 0.25) is 0 Å². The van der Waals surface area contributed by atoms with E-state index in [4.69, 9.17) is 9.47 Å². The number of ether oxygens (including phenoxy) is 2. The third-order valence-electron chi connectivity index (χ3n) is 6.31. The van der Waals surface area contributed by atoms with E-state index in [1.807, 2.05) is 37.3 Å². The van der Waals surface area contributed by atoms with Gasteiger partial charge in [0.15, 0.2) is 0 Å². The summed E-state index contributed by atoms with van der Waals surface area (Å²) < 4.78 is 38.9. The Bertz CT molecular complexity index is 1370. The number of benzene rings is 3. The van der Waals surface area contributed by atoms with Crippen LogP contribution >= 0.6 is 0 Å². The molecule has 1 unspecified atom stereocenters. The third-order valence-corrected chi connectivity index (χ3v) is 8.24. The normalized spacial score (nSPS) is 15.8. The van der Waals surface area contributed by atoms with Crippen molar-refractivity contribution in [2.24, 2.45) is 0 Å². The van der Waals surface area contributed by atoms with Crippen molar-refractivity contribution < 1.29 is 27.5 Å². The Morgan fingerprint density at radius 1 is 0.923 bits per heavy atom. The smallest absolute Gasteiger partial charge is 0.321 e. The molecular formula is C28H32N4O6S. The van der Waals surface area contributed by atoms with Gasteiger partial charge in [0.25, 0.3) is 0 Å². The summed E-state index contributed by atoms with van der Waals surface area (Å²) in [6.45, 7) is 2.60. The molecule has 1 saturated heterocycles. The quantitative estimate of drug-likeness (QED) is 0.421. The number of anilines is 1. The van der Waals surface area contributed by atoms with Crippen LogP contribution < -0.4 is 20.1 Å². The van der Waals surface area contributed by atoms with Crippen molar-refractivity contribution in [2.45, 2.75) is 24.4 Å². The van der Waals surface area contributed by atoms with E-state index in [1.165, 1.54) is 24.1 Å². The summed E-state index contributed by atoms with van der Waals surface area (Å²) in [6.07, 6.45) is 0. The maximum absolute atomic E-state index is 13.6. The van der Waals surface area contributed by atoms with Gasteiger partial charge in [-0.05, 0) is 61.0 Å². The molecule has 1 aliphatic rings. The van der Waals surface area contributed by atoms with Gasteiger partial charge < -0.3 is 25.0 Å². The molecule has 39 heavy (non-hydrogen) atoms. The molecule has 1 aliphatic heterocycles. The topological polar surface area (TPSA) is 117 Å². The highest BCUT2D eigenvalue weighted by molar-refractivity contribution is 7.89. The number of carbonyl (C=O) groups excluding carboxylic acids is 2. The zero-order valence-electron chi connectivity index (χ0n) is 21.9. The minimum absolute atomic E-state index is 0.0384. The molecule has 0 radical (unpaired) electrons. The van der Waals surface area contributed by atoms with Crippen LogP contribution in [0.1, 0.15) is 12.5 Å². The predicted octanol–water partition coefficient (Wildman–Crippen LogP) is 3.32. The minimum Gasteiger partial charge on any atom is -0.497 e. The number of carbonyl (C=O) groups is 2. The van der Waals surface area contributed by atoms with Gasteiger partial charge in [-0.25, -0.2) is 13.2 Å². The van der Waals surface area contributed by atoms with Crippen LogP contribution in [0.5, 0.6) is 11.5 Å². The molecule has 0 saturated carbocycles. The van der Waals surface area contributed by atoms with Gasteiger partial charge in [-0.2, -0.15) is 4.31 Å². The first-order chi connectivity index (χ1) is 18.8. The van der Waals surface area contributed by atoms with Gasteiger partial charge in [0.2, 0.25) is 15.9 Å². The lowest BCUT2D eigenvalue weighted by Crippen LogP contribution is -2.61. The molecule has 3 aromatic carbocycles. The van der Waals surface area contributed by atoms with E-state index in [0.717, 1.165) is 9.87 Å². The summed E-state index contributed by atoms with van der Waals surface area (Å²) in [6, 6.07) is 20.7. The molecule has 0 spiro atoms. The molecular weight excluding hydrogens is 520 g/mol. The van der Waals surface area contributed by atoms with Gasteiger partial charge in [0.1, 0.15) is 17.5 Å². The monoisotopic (exact) mass is 552 g/mol. The number of hydrogen-bond donors (Lipinski definition) is 2. The predicted molar refractivity (Wildman–Crippen MR) is 147 cm³/mol. The number of piperazine rings is 1. The summed E-state index contributed by atoms with van der Waals surface area (Å²) in [7, 11) is -2.54. The molecule has 1 fully saturated rings. The Hall–Kier alpha value is -4.09. The molecule has 11 heteroatoms. The number of nitrogens with one attached hydrogen (secondary N) is 2. The molecule has 10 nitrogen and oxygen atoms in total. The number of hydrogen-bond acceptors (Lipinski definition) is 6. The lowest BCUT2D eigenvalue weighted by molar-refractivity contribution is -0.126. The standard InChI is InChI=1S/C28H32N4O6S/c1-3-38-24-11-9-22(10-12-24)30-28(34)31-17-18-32(39(35,36)25-15-13-23(37-2)14-16-25)26(20-31)27(33)29-19-21-7-5-4-6-8-21/h4-16,26H,3,17-20H2,1-2H3,(H,29,33)(H,30,34). The van der Waals surface area contributed by atoms with Crippen molar-refractivity contribution in [1.29, 1.82) is 0 Å². The van der Waals surface area contributed by atoms with Crippen LogP contribution in [0.4, 0.5) is 10.5 Å². The van der Waals surface area contributed by atoms with E-state index >= 15 is 0 Å². The molecule has 0 aromatic heterocycles. The summed E-state index contributed by atoms with van der Waals surface area (Å²) >= 11 is 0. The maximum Gasteiger partial charge on any atom is 0.321 e. The molecule has 1 heterocycles. The van der Waals surface area contributed by atoms with E-state index in [-0.39, 0.29) is 31.1 Å². The van der Waals surface area contributed by atoms with Gasteiger partial charge >= 0.3 is 6.03 Å². The molecule has 3 amide bonds. The summed E-state index contributed by atoms with van der Waals surface area (Å²) in [5, 5.41) is 5.64. The van der Waals surface area contributed by atoms with Gasteiger partial charge in [-0.15, -0.1) is 0 Å². The lowest BCUT2D eigenvalue weighted by atomic mass is 10.2. The number of rotatable bonds is 9. The van der Waals surface area contributed by atoms with E-state index in [1.54, 1.807) is 36.4 Å². The first kappa shape index (κ1) is 27.9. The Morgan fingerprint density at radius 3 is 2.23 bits per heavy atom. The zero-order valence-corrected chi connectivity index (χ0v) is 22.7. The number of sulfonamides is 1. The van der Waals surface area contributed by atoms with Crippen LogP contribution in [0.15, 0.2) is 83.8 Å². The number of methoxy groups -OCH3 is 1. The lowest BCUT2D eigenvalue weighted by Gasteiger charge is -2.39. The fourth-order valence-electron chi connectivity index (χ4n) is 4.24. The molecule has 206 valence electrons. The van der Waals surface area contributed by atoms with Crippen molar-refractivity contribution in [3.8, 4) is 11.5 Å². The number of urea groups is 1. The van der Waals surface area contributed by atoms with Gasteiger partial charge in [-0.1, -0.05) is 30.3 Å². The molecule has 1 atom stereocenters. The van der Waals surface area contributed by atoms with E-state index in [2.05, 4.69) is 10.6 Å². The molecule has 0 bridgehead atoms.